The van der Waals surface area contributed by atoms with Gasteiger partial charge in [-0.3, -0.25) is 0 Å². The average Bonchev–Trinajstić information content (AvgIpc) is 1.78. The smallest absolute Gasteiger partial charge is 0.157 e. The van der Waals surface area contributed by atoms with E-state index in [1.165, 1.54) is 54.6 Å². The first-order chi connectivity index (χ1) is 38.1. The van der Waals surface area contributed by atoms with Crippen LogP contribution in [0.3, 0.4) is 0 Å². The van der Waals surface area contributed by atoms with Gasteiger partial charge in [0.05, 0.1) is 17.8 Å². The minimum absolute atomic E-state index is 0.0181. The van der Waals surface area contributed by atoms with Gasteiger partial charge in [-0.25, -0.2) is 0 Å². The number of phenols is 11. The normalized spacial score (nSPS) is 26.0. The second-order valence-electron chi connectivity index (χ2n) is 20.4. The summed E-state index contributed by atoms with van der Waals surface area (Å²) in [5.74, 6) is -17.7. The van der Waals surface area contributed by atoms with Crippen molar-refractivity contribution in [2.45, 2.75) is 67.2 Å². The number of ether oxygens (including phenoxy) is 3. The predicted octanol–water partition coefficient (Wildman–Crippen LogP) is 7.56. The molecule has 0 fully saturated rings. The Kier molecular flexibility index (Phi) is 12.9. The maximum absolute atomic E-state index is 13.0. The fourth-order valence-electron chi connectivity index (χ4n) is 11.8. The Balaban J connectivity index is 1.15. The lowest BCUT2D eigenvalue weighted by Crippen LogP contribution is -2.48. The number of aliphatic hydroxyl groups excluding tert-OH is 7. The molecule has 3 heterocycles. The molecule has 0 radical (unpaired) electrons. The maximum atomic E-state index is 13.0. The Bertz CT molecular complexity index is 3650. The van der Waals surface area contributed by atoms with Crippen molar-refractivity contribution in [3.63, 3.8) is 0 Å². The molecule has 5 aliphatic rings. The van der Waals surface area contributed by atoms with Crippen molar-refractivity contribution in [2.24, 2.45) is 11.8 Å². The van der Waals surface area contributed by atoms with E-state index in [9.17, 15) is 91.9 Å². The second kappa shape index (κ2) is 19.6. The fourth-order valence-corrected chi connectivity index (χ4v) is 11.8. The van der Waals surface area contributed by atoms with Gasteiger partial charge >= 0.3 is 0 Å². The van der Waals surface area contributed by atoms with Gasteiger partial charge < -0.3 is 106 Å². The largest absolute Gasteiger partial charge is 0.508 e. The molecule has 6 aromatic rings. The van der Waals surface area contributed by atoms with Gasteiger partial charge in [0, 0.05) is 82.3 Å². The van der Waals surface area contributed by atoms with E-state index in [1.807, 2.05) is 0 Å². The van der Waals surface area contributed by atoms with Gasteiger partial charge in [-0.1, -0.05) is 42.5 Å². The van der Waals surface area contributed by atoms with Crippen molar-refractivity contribution in [2.75, 3.05) is 0 Å². The van der Waals surface area contributed by atoms with E-state index < -0.39 is 192 Å². The van der Waals surface area contributed by atoms with E-state index in [-0.39, 0.29) is 34.6 Å². The second-order valence-corrected chi connectivity index (χ2v) is 20.4. The quantitative estimate of drug-likeness (QED) is 0.0516. The number of aliphatic hydroxyl groups is 7. The highest BCUT2D eigenvalue weighted by atomic mass is 16.5. The van der Waals surface area contributed by atoms with Crippen molar-refractivity contribution in [3.8, 4) is 80.5 Å². The molecule has 0 spiro atoms. The summed E-state index contributed by atoms with van der Waals surface area (Å²) in [6, 6.07) is 15.6. The van der Waals surface area contributed by atoms with Crippen molar-refractivity contribution in [1.82, 2.24) is 0 Å². The topological polar surface area (TPSA) is 392 Å². The van der Waals surface area contributed by atoms with Gasteiger partial charge in [0.15, 0.2) is 29.1 Å². The highest BCUT2D eigenvalue weighted by molar-refractivity contribution is 5.75. The molecule has 0 saturated carbocycles. The van der Waals surface area contributed by atoms with Crippen LogP contribution >= 0.6 is 0 Å². The van der Waals surface area contributed by atoms with Crippen LogP contribution in [0.25, 0.3) is 12.2 Å². The highest BCUT2D eigenvalue weighted by Gasteiger charge is 2.54. The van der Waals surface area contributed by atoms with Crippen LogP contribution in [-0.4, -0.2) is 122 Å². The first-order valence-corrected chi connectivity index (χ1v) is 25.0. The molecule has 80 heavy (non-hydrogen) atoms. The standard InChI is InChI=1S/C59H52O21/c60-27-8-3-22(4-9-27)1-2-23-13-35(68)43(36(69)14-23)49-45-38(71)20-40(73)47(58(45)79-56(52(49)75)25-6-11-30(63)33(66)16-25)51-48-41(74)21-39(72)46(59(48)80-57(54(51)77)26-7-12-31(64)34(67)17-26)50-44-37(70)18-28(61)19-42(44)78-55(53(50)76)24-5-10-29(62)32(65)15-24/h1-14,16,18-21,24,26,49-57,60-77H,15,17H2/b2-1+/t24?,26?,49-,50+,51-,52+,53+,54+,55+,56+,57+/m0/s1. The zero-order chi connectivity index (χ0) is 56.9. The van der Waals surface area contributed by atoms with E-state index in [0.717, 1.165) is 42.5 Å². The first-order valence-electron chi connectivity index (χ1n) is 25.0. The van der Waals surface area contributed by atoms with Crippen LogP contribution in [0.15, 0.2) is 126 Å². The third-order valence-electron chi connectivity index (χ3n) is 15.5. The average molecular weight is 1100 g/mol. The van der Waals surface area contributed by atoms with Gasteiger partial charge in [-0.05, 0) is 65.2 Å². The zero-order valence-electron chi connectivity index (χ0n) is 41.5. The minimum Gasteiger partial charge on any atom is -0.508 e. The lowest BCUT2D eigenvalue weighted by Gasteiger charge is -2.45. The van der Waals surface area contributed by atoms with Crippen LogP contribution < -0.4 is 14.2 Å². The molecule has 21 nitrogen and oxygen atoms in total. The summed E-state index contributed by atoms with van der Waals surface area (Å²) in [7, 11) is 0. The monoisotopic (exact) mass is 1100 g/mol. The molecule has 18 N–H and O–H groups in total. The molecule has 0 aromatic heterocycles. The van der Waals surface area contributed by atoms with E-state index in [4.69, 9.17) is 14.2 Å². The summed E-state index contributed by atoms with van der Waals surface area (Å²) in [6.45, 7) is 0. The molecular weight excluding hydrogens is 1040 g/mol. The van der Waals surface area contributed by atoms with Gasteiger partial charge in [-0.2, -0.15) is 0 Å². The zero-order valence-corrected chi connectivity index (χ0v) is 41.5. The van der Waals surface area contributed by atoms with Crippen molar-refractivity contribution >= 4 is 12.2 Å². The number of rotatable bonds is 8. The molecule has 414 valence electrons. The van der Waals surface area contributed by atoms with Crippen molar-refractivity contribution < 1.29 is 106 Å². The molecule has 2 unspecified atom stereocenters. The number of benzene rings is 6. The Morgan fingerprint density at radius 3 is 1.36 bits per heavy atom. The van der Waals surface area contributed by atoms with Crippen LogP contribution in [0.2, 0.25) is 0 Å². The minimum atomic E-state index is -2.01. The van der Waals surface area contributed by atoms with E-state index >= 15 is 0 Å². The Morgan fingerprint density at radius 1 is 0.375 bits per heavy atom. The summed E-state index contributed by atoms with van der Waals surface area (Å²) >= 11 is 0. The van der Waals surface area contributed by atoms with E-state index in [2.05, 4.69) is 0 Å². The number of hydrogen-bond donors (Lipinski definition) is 18. The Hall–Kier alpha value is -9.70. The van der Waals surface area contributed by atoms with Gasteiger partial charge in [0.1, 0.15) is 111 Å². The van der Waals surface area contributed by atoms with Crippen LogP contribution in [0.5, 0.6) is 80.5 Å². The van der Waals surface area contributed by atoms with Crippen LogP contribution in [0.4, 0.5) is 0 Å². The number of fused-ring (bicyclic) bond motifs is 3. The molecular formula is C59H52O21. The lowest BCUT2D eigenvalue weighted by atomic mass is 9.71. The van der Waals surface area contributed by atoms with E-state index in [1.54, 1.807) is 18.2 Å². The molecule has 11 rings (SSSR count). The third kappa shape index (κ3) is 8.72. The van der Waals surface area contributed by atoms with Crippen LogP contribution in [-0.2, 0) is 0 Å². The molecule has 6 aromatic carbocycles. The van der Waals surface area contributed by atoms with E-state index in [0.29, 0.717) is 5.56 Å². The first kappa shape index (κ1) is 52.4. The third-order valence-corrected chi connectivity index (χ3v) is 15.5. The number of hydrogen-bond acceptors (Lipinski definition) is 21. The van der Waals surface area contributed by atoms with Crippen molar-refractivity contribution in [1.29, 1.82) is 0 Å². The van der Waals surface area contributed by atoms with Crippen LogP contribution in [0.1, 0.15) is 86.8 Å². The summed E-state index contributed by atoms with van der Waals surface area (Å²) in [5, 5.41) is 206. The molecule has 2 aliphatic carbocycles. The Morgan fingerprint density at radius 2 is 0.838 bits per heavy atom. The number of allylic oxidation sites excluding steroid dienone is 4. The van der Waals surface area contributed by atoms with Gasteiger partial charge in [-0.15, -0.1) is 0 Å². The maximum Gasteiger partial charge on any atom is 0.157 e. The summed E-state index contributed by atoms with van der Waals surface area (Å²) in [4.78, 5) is 0. The van der Waals surface area contributed by atoms with Gasteiger partial charge in [0.2, 0.25) is 0 Å². The molecule has 11 atom stereocenters. The Labute approximate surface area is 452 Å². The summed E-state index contributed by atoms with van der Waals surface area (Å²) < 4.78 is 19.5. The molecule has 0 bridgehead atoms. The molecule has 21 heteroatoms. The summed E-state index contributed by atoms with van der Waals surface area (Å²) in [6.07, 6.45) is -3.04. The molecule has 3 aliphatic heterocycles. The molecule has 0 saturated heterocycles. The number of aromatic hydroxyl groups is 11. The SMILES string of the molecule is OC1=C(O)CC([C@H]2Oc3c(c(O)cc(O)c3[C@H]3c4c(O)cc(O)cc4O[C@H](C4C=CC(O)=C(O)C4)[C@@H]3O)[C@H](c3c(O)cc(O)c4c3O[C@H](c3ccc(O)c(O)c3)[C@H](O)[C@H]4c3c(O)cc(/C=C/c4ccc(O)cc4)cc3O)[C@H]2O)C=C1. The number of phenolic OH excluding ortho intramolecular Hbond substituents is 11. The van der Waals surface area contributed by atoms with Crippen molar-refractivity contribution in [3.05, 3.63) is 176 Å². The lowest BCUT2D eigenvalue weighted by molar-refractivity contribution is -0.0267. The van der Waals surface area contributed by atoms with Crippen LogP contribution in [0, 0.1) is 11.8 Å². The summed E-state index contributed by atoms with van der Waals surface area (Å²) in [5.41, 5.74) is -1.60. The predicted molar refractivity (Wildman–Crippen MR) is 281 cm³/mol. The fraction of sp³-hybridized carbons (Fsp3) is 0.220. The van der Waals surface area contributed by atoms with Gasteiger partial charge in [0.25, 0.3) is 0 Å². The highest BCUT2D eigenvalue weighted by Crippen LogP contribution is 2.63. The molecule has 0 amide bonds.